The standard InChI is InChI=1S/C13H14N2O4S2/c1-15(2)11-6-4-3-5-10(11)14-21(18,19)9-7-12(13(16)17)20-8-9/h3-8,14H,1-2H3,(H,16,17). The monoisotopic (exact) mass is 326 g/mol. The van der Waals surface area contributed by atoms with Crippen LogP contribution < -0.4 is 9.62 Å². The van der Waals surface area contributed by atoms with Crippen LogP contribution in [0.4, 0.5) is 11.4 Å². The normalized spacial score (nSPS) is 11.1. The summed E-state index contributed by atoms with van der Waals surface area (Å²) in [5, 5.41) is 10.2. The van der Waals surface area contributed by atoms with Crippen LogP contribution in [0, 0.1) is 0 Å². The molecule has 112 valence electrons. The minimum atomic E-state index is -3.81. The fraction of sp³-hybridized carbons (Fsp3) is 0.154. The number of rotatable bonds is 5. The molecule has 0 saturated heterocycles. The van der Waals surface area contributed by atoms with Crippen LogP contribution in [0.5, 0.6) is 0 Å². The first-order valence-corrected chi connectivity index (χ1v) is 8.28. The third-order valence-corrected chi connectivity index (χ3v) is 5.14. The first-order chi connectivity index (χ1) is 9.81. The Morgan fingerprint density at radius 2 is 1.95 bits per heavy atom. The zero-order valence-electron chi connectivity index (χ0n) is 11.4. The number of hydrogen-bond donors (Lipinski definition) is 2. The summed E-state index contributed by atoms with van der Waals surface area (Å²) in [6.45, 7) is 0. The number of thiophene rings is 1. The van der Waals surface area contributed by atoms with Gasteiger partial charge < -0.3 is 10.0 Å². The Morgan fingerprint density at radius 3 is 2.52 bits per heavy atom. The summed E-state index contributed by atoms with van der Waals surface area (Å²) in [6, 6.07) is 8.11. The van der Waals surface area contributed by atoms with Crippen LogP contribution in [0.1, 0.15) is 9.67 Å². The summed E-state index contributed by atoms with van der Waals surface area (Å²) in [5.41, 5.74) is 1.15. The van der Waals surface area contributed by atoms with Gasteiger partial charge in [-0.3, -0.25) is 4.72 Å². The Kier molecular flexibility index (Phi) is 4.19. The number of carboxylic acid groups (broad SMARTS) is 1. The number of anilines is 2. The van der Waals surface area contributed by atoms with Crippen molar-refractivity contribution in [2.45, 2.75) is 4.90 Å². The Morgan fingerprint density at radius 1 is 1.29 bits per heavy atom. The molecule has 2 N–H and O–H groups in total. The number of carbonyl (C=O) groups is 1. The summed E-state index contributed by atoms with van der Waals surface area (Å²) < 4.78 is 27.1. The van der Waals surface area contributed by atoms with Crippen molar-refractivity contribution in [1.82, 2.24) is 0 Å². The lowest BCUT2D eigenvalue weighted by Crippen LogP contribution is -2.16. The fourth-order valence-corrected chi connectivity index (χ4v) is 3.91. The summed E-state index contributed by atoms with van der Waals surface area (Å²) in [6.07, 6.45) is 0. The van der Waals surface area contributed by atoms with Crippen LogP contribution in [0.2, 0.25) is 0 Å². The second kappa shape index (κ2) is 5.74. The molecule has 0 saturated carbocycles. The lowest BCUT2D eigenvalue weighted by atomic mass is 10.2. The summed E-state index contributed by atoms with van der Waals surface area (Å²) in [4.78, 5) is 12.5. The molecule has 0 aliphatic carbocycles. The molecule has 1 aromatic heterocycles. The highest BCUT2D eigenvalue weighted by atomic mass is 32.2. The van der Waals surface area contributed by atoms with E-state index in [1.54, 1.807) is 43.3 Å². The van der Waals surface area contributed by atoms with E-state index in [1.165, 1.54) is 5.38 Å². The van der Waals surface area contributed by atoms with Crippen LogP contribution >= 0.6 is 11.3 Å². The Balaban J connectivity index is 2.35. The molecule has 0 aliphatic heterocycles. The number of sulfonamides is 1. The Labute approximate surface area is 126 Å². The molecule has 0 aliphatic rings. The maximum Gasteiger partial charge on any atom is 0.345 e. The van der Waals surface area contributed by atoms with E-state index in [9.17, 15) is 13.2 Å². The molecule has 0 amide bonds. The smallest absolute Gasteiger partial charge is 0.345 e. The van der Waals surface area contributed by atoms with Crippen molar-refractivity contribution >= 4 is 38.7 Å². The van der Waals surface area contributed by atoms with Gasteiger partial charge in [0.15, 0.2) is 0 Å². The summed E-state index contributed by atoms with van der Waals surface area (Å²) in [7, 11) is -0.200. The highest BCUT2D eigenvalue weighted by Crippen LogP contribution is 2.27. The SMILES string of the molecule is CN(C)c1ccccc1NS(=O)(=O)c1csc(C(=O)O)c1. The van der Waals surface area contributed by atoms with E-state index in [4.69, 9.17) is 5.11 Å². The van der Waals surface area contributed by atoms with E-state index in [0.29, 0.717) is 5.69 Å². The molecular formula is C13H14N2O4S2. The van der Waals surface area contributed by atoms with Gasteiger partial charge in [-0.05, 0) is 18.2 Å². The van der Waals surface area contributed by atoms with Crippen LogP contribution in [0.25, 0.3) is 0 Å². The van der Waals surface area contributed by atoms with E-state index < -0.39 is 16.0 Å². The van der Waals surface area contributed by atoms with Crippen molar-refractivity contribution < 1.29 is 18.3 Å². The van der Waals surface area contributed by atoms with Gasteiger partial charge in [-0.25, -0.2) is 13.2 Å². The number of carboxylic acids is 1. The number of aromatic carboxylic acids is 1. The fourth-order valence-electron chi connectivity index (χ4n) is 1.73. The van der Waals surface area contributed by atoms with Gasteiger partial charge in [0.25, 0.3) is 10.0 Å². The Bertz CT molecular complexity index is 766. The van der Waals surface area contributed by atoms with Crippen molar-refractivity contribution in [2.24, 2.45) is 0 Å². The van der Waals surface area contributed by atoms with E-state index in [-0.39, 0.29) is 9.77 Å². The number of nitrogens with one attached hydrogen (secondary N) is 1. The van der Waals surface area contributed by atoms with Gasteiger partial charge in [0.2, 0.25) is 0 Å². The highest BCUT2D eigenvalue weighted by molar-refractivity contribution is 7.92. The highest BCUT2D eigenvalue weighted by Gasteiger charge is 2.20. The number of benzene rings is 1. The van der Waals surface area contributed by atoms with Crippen LogP contribution in [-0.4, -0.2) is 33.6 Å². The van der Waals surface area contributed by atoms with Gasteiger partial charge in [0, 0.05) is 19.5 Å². The quantitative estimate of drug-likeness (QED) is 0.880. The predicted octanol–water partition coefficient (Wildman–Crippen LogP) is 2.31. The molecule has 0 spiro atoms. The molecule has 6 nitrogen and oxygen atoms in total. The molecule has 1 heterocycles. The zero-order valence-corrected chi connectivity index (χ0v) is 13.0. The van der Waals surface area contributed by atoms with Gasteiger partial charge >= 0.3 is 5.97 Å². The third kappa shape index (κ3) is 3.34. The second-order valence-electron chi connectivity index (χ2n) is 4.47. The maximum absolute atomic E-state index is 12.3. The summed E-state index contributed by atoms with van der Waals surface area (Å²) >= 11 is 0.876. The van der Waals surface area contributed by atoms with E-state index >= 15 is 0 Å². The van der Waals surface area contributed by atoms with E-state index in [1.807, 2.05) is 0 Å². The molecular weight excluding hydrogens is 312 g/mol. The number of hydrogen-bond acceptors (Lipinski definition) is 5. The van der Waals surface area contributed by atoms with Crippen molar-refractivity contribution in [3.05, 3.63) is 40.6 Å². The molecule has 2 aromatic rings. The molecule has 0 unspecified atom stereocenters. The van der Waals surface area contributed by atoms with E-state index in [2.05, 4.69) is 4.72 Å². The van der Waals surface area contributed by atoms with Crippen LogP contribution in [-0.2, 0) is 10.0 Å². The summed E-state index contributed by atoms with van der Waals surface area (Å²) in [5.74, 6) is -1.14. The van der Waals surface area contributed by atoms with Crippen LogP contribution in [0.3, 0.4) is 0 Å². The molecule has 21 heavy (non-hydrogen) atoms. The van der Waals surface area contributed by atoms with Crippen molar-refractivity contribution in [3.8, 4) is 0 Å². The molecule has 8 heteroatoms. The average molecular weight is 326 g/mol. The van der Waals surface area contributed by atoms with Gasteiger partial charge in [-0.1, -0.05) is 12.1 Å². The Hall–Kier alpha value is -2.06. The molecule has 1 aromatic carbocycles. The first-order valence-electron chi connectivity index (χ1n) is 5.92. The van der Waals surface area contributed by atoms with Crippen LogP contribution in [0.15, 0.2) is 40.6 Å². The topological polar surface area (TPSA) is 86.7 Å². The van der Waals surface area contributed by atoms with Gasteiger partial charge in [0.1, 0.15) is 4.88 Å². The van der Waals surface area contributed by atoms with E-state index in [0.717, 1.165) is 23.1 Å². The minimum Gasteiger partial charge on any atom is -0.477 e. The first kappa shape index (κ1) is 15.3. The zero-order chi connectivity index (χ0) is 15.6. The predicted molar refractivity (Wildman–Crippen MR) is 82.9 cm³/mol. The van der Waals surface area contributed by atoms with Gasteiger partial charge in [0.05, 0.1) is 16.3 Å². The minimum absolute atomic E-state index is 0.0173. The van der Waals surface area contributed by atoms with Crippen molar-refractivity contribution in [3.63, 3.8) is 0 Å². The molecule has 0 radical (unpaired) electrons. The lowest BCUT2D eigenvalue weighted by molar-refractivity contribution is 0.0702. The van der Waals surface area contributed by atoms with Crippen molar-refractivity contribution in [2.75, 3.05) is 23.7 Å². The number of para-hydroxylation sites is 2. The second-order valence-corrected chi connectivity index (χ2v) is 7.06. The lowest BCUT2D eigenvalue weighted by Gasteiger charge is -2.18. The van der Waals surface area contributed by atoms with Crippen molar-refractivity contribution in [1.29, 1.82) is 0 Å². The number of nitrogens with zero attached hydrogens (tertiary/aromatic N) is 1. The average Bonchev–Trinajstić information content (AvgIpc) is 2.89. The molecule has 0 atom stereocenters. The molecule has 0 fully saturated rings. The molecule has 2 rings (SSSR count). The van der Waals surface area contributed by atoms with Gasteiger partial charge in [-0.2, -0.15) is 0 Å². The van der Waals surface area contributed by atoms with Gasteiger partial charge in [-0.15, -0.1) is 11.3 Å². The largest absolute Gasteiger partial charge is 0.477 e. The third-order valence-electron chi connectivity index (χ3n) is 2.73. The maximum atomic E-state index is 12.3. The molecule has 0 bridgehead atoms.